The van der Waals surface area contributed by atoms with E-state index in [0.29, 0.717) is 6.04 Å². The molecule has 0 aliphatic carbocycles. The van der Waals surface area contributed by atoms with Gasteiger partial charge in [-0.2, -0.15) is 0 Å². The molecule has 1 aliphatic heterocycles. The normalized spacial score (nSPS) is 18.7. The van der Waals surface area contributed by atoms with Crippen LogP contribution in [0.3, 0.4) is 0 Å². The molecule has 0 unspecified atom stereocenters. The summed E-state index contributed by atoms with van der Waals surface area (Å²) in [6.45, 7) is 3.82. The van der Waals surface area contributed by atoms with Crippen molar-refractivity contribution in [1.29, 1.82) is 0 Å². The van der Waals surface area contributed by atoms with E-state index in [-0.39, 0.29) is 0 Å². The topological polar surface area (TPSA) is 28.6 Å². The lowest BCUT2D eigenvalue weighted by Crippen LogP contribution is -2.33. The minimum Gasteiger partial charge on any atom is -0.492 e. The summed E-state index contributed by atoms with van der Waals surface area (Å²) in [5, 5.41) is 1.22. The largest absolute Gasteiger partial charge is 0.492 e. The molecular weight excluding hydrogens is 306 g/mol. The Morgan fingerprint density at radius 2 is 2.13 bits per heavy atom. The lowest BCUT2D eigenvalue weighted by Gasteiger charge is -2.23. The van der Waals surface area contributed by atoms with Gasteiger partial charge in [-0.05, 0) is 45.6 Å². The van der Waals surface area contributed by atoms with E-state index < -0.39 is 0 Å². The number of para-hydroxylation sites is 1. The minimum absolute atomic E-state index is 0.497. The maximum absolute atomic E-state index is 5.95. The van der Waals surface area contributed by atoms with Crippen LogP contribution in [0.5, 0.6) is 5.75 Å². The average Bonchev–Trinajstić information content (AvgIpc) is 3.16. The van der Waals surface area contributed by atoms with Crippen molar-refractivity contribution in [2.75, 3.05) is 27.2 Å². The Morgan fingerprint density at radius 1 is 1.30 bits per heavy atom. The molecule has 23 heavy (non-hydrogen) atoms. The zero-order chi connectivity index (χ0) is 16.1. The Bertz CT molecular complexity index is 599. The van der Waals surface area contributed by atoms with Crippen LogP contribution in [0.2, 0.25) is 0 Å². The van der Waals surface area contributed by atoms with Crippen molar-refractivity contribution in [2.24, 2.45) is 0 Å². The summed E-state index contributed by atoms with van der Waals surface area (Å²) in [6.07, 6.45) is 4.48. The fraction of sp³-hybridized carbons (Fsp3) is 0.500. The van der Waals surface area contributed by atoms with E-state index in [4.69, 9.17) is 4.74 Å². The third-order valence-electron chi connectivity index (χ3n) is 4.10. The molecule has 1 aromatic heterocycles. The fourth-order valence-corrected chi connectivity index (χ4v) is 4.05. The number of rotatable bonds is 7. The summed E-state index contributed by atoms with van der Waals surface area (Å²) in [5.41, 5.74) is 0. The molecule has 0 radical (unpaired) electrons. The van der Waals surface area contributed by atoms with E-state index in [1.807, 2.05) is 47.9 Å². The first-order chi connectivity index (χ1) is 11.2. The zero-order valence-electron chi connectivity index (χ0n) is 13.9. The first-order valence-electron chi connectivity index (χ1n) is 8.21. The van der Waals surface area contributed by atoms with E-state index >= 15 is 0 Å². The Hall–Kier alpha value is -1.43. The van der Waals surface area contributed by atoms with Crippen LogP contribution in [0.4, 0.5) is 0 Å². The average molecular weight is 331 g/mol. The number of nitrogens with zero attached hydrogens (tertiary/aromatic N) is 3. The molecule has 2 aromatic rings. The Labute approximate surface area is 142 Å². The molecule has 4 nitrogen and oxygen atoms in total. The molecule has 1 aromatic carbocycles. The number of hydrogen-bond donors (Lipinski definition) is 0. The van der Waals surface area contributed by atoms with Gasteiger partial charge in [0, 0.05) is 23.7 Å². The van der Waals surface area contributed by atoms with Crippen molar-refractivity contribution < 1.29 is 4.74 Å². The van der Waals surface area contributed by atoms with E-state index in [0.717, 1.165) is 32.0 Å². The molecule has 0 saturated carbocycles. The van der Waals surface area contributed by atoms with Crippen LogP contribution in [0.15, 0.2) is 36.5 Å². The van der Waals surface area contributed by atoms with Crippen LogP contribution in [0.1, 0.15) is 22.7 Å². The highest BCUT2D eigenvalue weighted by Crippen LogP contribution is 2.23. The third-order valence-corrected chi connectivity index (χ3v) is 5.06. The quantitative estimate of drug-likeness (QED) is 0.779. The van der Waals surface area contributed by atoms with Crippen molar-refractivity contribution in [1.82, 2.24) is 14.8 Å². The molecule has 1 saturated heterocycles. The Kier molecular flexibility index (Phi) is 5.65. The monoisotopic (exact) mass is 331 g/mol. The third kappa shape index (κ3) is 4.77. The number of ether oxygens (including phenoxy) is 1. The van der Waals surface area contributed by atoms with E-state index in [1.165, 1.54) is 22.7 Å². The van der Waals surface area contributed by atoms with Gasteiger partial charge >= 0.3 is 0 Å². The van der Waals surface area contributed by atoms with Crippen molar-refractivity contribution in [3.8, 4) is 5.75 Å². The second-order valence-corrected chi connectivity index (χ2v) is 7.55. The molecular formula is C18H25N3OS. The van der Waals surface area contributed by atoms with Crippen LogP contribution in [-0.2, 0) is 13.1 Å². The maximum Gasteiger partial charge on any atom is 0.119 e. The summed E-state index contributed by atoms with van der Waals surface area (Å²) < 4.78 is 5.95. The van der Waals surface area contributed by atoms with Crippen LogP contribution in [0.25, 0.3) is 0 Å². The second kappa shape index (κ2) is 7.90. The van der Waals surface area contributed by atoms with Crippen LogP contribution >= 0.6 is 11.3 Å². The molecule has 5 heteroatoms. The summed E-state index contributed by atoms with van der Waals surface area (Å²) in [7, 11) is 4.19. The highest BCUT2D eigenvalue weighted by atomic mass is 32.1. The summed E-state index contributed by atoms with van der Waals surface area (Å²) >= 11 is 1.83. The van der Waals surface area contributed by atoms with Gasteiger partial charge in [-0.3, -0.25) is 4.90 Å². The van der Waals surface area contributed by atoms with Crippen LogP contribution in [0, 0.1) is 0 Å². The number of aromatic nitrogens is 1. The highest BCUT2D eigenvalue weighted by molar-refractivity contribution is 7.11. The molecule has 1 aliphatic rings. The van der Waals surface area contributed by atoms with Gasteiger partial charge in [0.1, 0.15) is 17.4 Å². The van der Waals surface area contributed by atoms with Gasteiger partial charge in [-0.1, -0.05) is 18.2 Å². The number of benzene rings is 1. The van der Waals surface area contributed by atoms with E-state index in [9.17, 15) is 0 Å². The summed E-state index contributed by atoms with van der Waals surface area (Å²) in [6, 6.07) is 10.6. The SMILES string of the molecule is CN(C)Cc1cnc(CN2CCC[C@H]2COc2ccccc2)s1. The number of hydrogen-bond acceptors (Lipinski definition) is 5. The van der Waals surface area contributed by atoms with E-state index in [1.54, 1.807) is 0 Å². The molecule has 0 amide bonds. The molecule has 2 heterocycles. The predicted octanol–water partition coefficient (Wildman–Crippen LogP) is 3.25. The molecule has 0 N–H and O–H groups in total. The maximum atomic E-state index is 5.95. The summed E-state index contributed by atoms with van der Waals surface area (Å²) in [4.78, 5) is 10.6. The first kappa shape index (κ1) is 16.4. The van der Waals surface area contributed by atoms with Crippen LogP contribution in [-0.4, -0.2) is 48.1 Å². The molecule has 3 rings (SSSR count). The standard InChI is InChI=1S/C18H25N3OS/c1-20(2)12-17-11-19-18(23-17)13-21-10-6-7-15(21)14-22-16-8-4-3-5-9-16/h3-5,8-9,11,15H,6-7,10,12-14H2,1-2H3/t15-/m0/s1. The molecule has 1 fully saturated rings. The molecule has 0 bridgehead atoms. The van der Waals surface area contributed by atoms with Crippen molar-refractivity contribution >= 4 is 11.3 Å². The Morgan fingerprint density at radius 3 is 2.91 bits per heavy atom. The van der Waals surface area contributed by atoms with Crippen molar-refractivity contribution in [3.63, 3.8) is 0 Å². The van der Waals surface area contributed by atoms with Gasteiger partial charge in [-0.15, -0.1) is 11.3 Å². The van der Waals surface area contributed by atoms with Crippen LogP contribution < -0.4 is 4.74 Å². The minimum atomic E-state index is 0.497. The highest BCUT2D eigenvalue weighted by Gasteiger charge is 2.26. The summed E-state index contributed by atoms with van der Waals surface area (Å²) in [5.74, 6) is 0.960. The van der Waals surface area contributed by atoms with Gasteiger partial charge in [0.15, 0.2) is 0 Å². The van der Waals surface area contributed by atoms with Gasteiger partial charge in [-0.25, -0.2) is 4.98 Å². The second-order valence-electron chi connectivity index (χ2n) is 6.35. The number of likely N-dealkylation sites (tertiary alicyclic amines) is 1. The van der Waals surface area contributed by atoms with Gasteiger partial charge in [0.05, 0.1) is 6.54 Å². The number of thiazole rings is 1. The molecule has 0 spiro atoms. The lowest BCUT2D eigenvalue weighted by molar-refractivity contribution is 0.167. The smallest absolute Gasteiger partial charge is 0.119 e. The molecule has 1 atom stereocenters. The van der Waals surface area contributed by atoms with Gasteiger partial charge in [0.2, 0.25) is 0 Å². The molecule has 124 valence electrons. The lowest BCUT2D eigenvalue weighted by atomic mass is 10.2. The zero-order valence-corrected chi connectivity index (χ0v) is 14.8. The van der Waals surface area contributed by atoms with Gasteiger partial charge in [0.25, 0.3) is 0 Å². The van der Waals surface area contributed by atoms with Gasteiger partial charge < -0.3 is 9.64 Å². The fourth-order valence-electron chi connectivity index (χ4n) is 2.98. The Balaban J connectivity index is 1.53. The van der Waals surface area contributed by atoms with E-state index in [2.05, 4.69) is 28.9 Å². The van der Waals surface area contributed by atoms with Crippen molar-refractivity contribution in [2.45, 2.75) is 32.0 Å². The first-order valence-corrected chi connectivity index (χ1v) is 9.02. The predicted molar refractivity (Wildman–Crippen MR) is 94.9 cm³/mol. The van der Waals surface area contributed by atoms with Crippen molar-refractivity contribution in [3.05, 3.63) is 46.4 Å².